The monoisotopic (exact) mass is 675 g/mol. The highest BCUT2D eigenvalue weighted by Gasteiger charge is 2.68. The van der Waals surface area contributed by atoms with Gasteiger partial charge in [0.15, 0.2) is 28.5 Å². The molecule has 3 rings (SSSR count). The van der Waals surface area contributed by atoms with Gasteiger partial charge in [0.2, 0.25) is 0 Å². The third-order valence-electron chi connectivity index (χ3n) is 9.44. The van der Waals surface area contributed by atoms with Crippen molar-refractivity contribution in [3.05, 3.63) is 43.7 Å². The maximum atomic E-state index is 13.6. The van der Waals surface area contributed by atoms with E-state index in [0.717, 1.165) is 9.98 Å². The topological polar surface area (TPSA) is 153 Å². The normalized spacial score (nSPS) is 25.8. The molecule has 4 atom stereocenters. The summed E-state index contributed by atoms with van der Waals surface area (Å²) in [5, 5.41) is 3.28. The van der Waals surface area contributed by atoms with E-state index in [9.17, 15) is 22.8 Å². The second-order valence-corrected chi connectivity index (χ2v) is 25.5. The van der Waals surface area contributed by atoms with E-state index in [4.69, 9.17) is 22.5 Å². The fraction of sp³-hybridized carbons (Fsp3) is 0.750. The standard InChI is InChI=1S/C28H49N3O10SSi2/c1-18-15-31(25(34)30(8)23(18)33)24-22(40-44(12,13)27(5,6)7)28(20(39-24)16-38-43(10,11)26(2,3)4)19(17-42(35,36)41-28)29-14-21(32)37-9/h15,17,20,22,24,29H,14,16H2,1-13H3. The van der Waals surface area contributed by atoms with E-state index in [-0.39, 0.29) is 34.5 Å². The highest BCUT2D eigenvalue weighted by Crippen LogP contribution is 2.52. The van der Waals surface area contributed by atoms with E-state index in [1.165, 1.54) is 24.9 Å². The molecule has 0 bridgehead atoms. The summed E-state index contributed by atoms with van der Waals surface area (Å²) in [5.41, 5.74) is -2.73. The Morgan fingerprint density at radius 1 is 1.07 bits per heavy atom. The van der Waals surface area contributed by atoms with Crippen LogP contribution in [0.3, 0.4) is 0 Å². The van der Waals surface area contributed by atoms with Crippen molar-refractivity contribution >= 4 is 32.7 Å². The number of rotatable bonds is 9. The van der Waals surface area contributed by atoms with Crippen LogP contribution in [-0.2, 0) is 44.5 Å². The van der Waals surface area contributed by atoms with Gasteiger partial charge in [-0.2, -0.15) is 8.42 Å². The smallest absolute Gasteiger partial charge is 0.332 e. The summed E-state index contributed by atoms with van der Waals surface area (Å²) in [6.07, 6.45) is -2.18. The van der Waals surface area contributed by atoms with Crippen molar-refractivity contribution in [2.24, 2.45) is 7.05 Å². The predicted molar refractivity (Wildman–Crippen MR) is 171 cm³/mol. The molecule has 0 aromatic carbocycles. The molecule has 1 N–H and O–H groups in total. The molecular weight excluding hydrogens is 627 g/mol. The molecule has 0 saturated carbocycles. The minimum Gasteiger partial charge on any atom is -0.468 e. The van der Waals surface area contributed by atoms with Gasteiger partial charge in [-0.1, -0.05) is 41.5 Å². The molecule has 0 amide bonds. The van der Waals surface area contributed by atoms with Gasteiger partial charge in [-0.25, -0.2) is 8.98 Å². The van der Waals surface area contributed by atoms with Crippen molar-refractivity contribution in [2.75, 3.05) is 20.3 Å². The van der Waals surface area contributed by atoms with Crippen molar-refractivity contribution < 1.29 is 35.7 Å². The zero-order chi connectivity index (χ0) is 33.8. The highest BCUT2D eigenvalue weighted by atomic mass is 32.2. The lowest BCUT2D eigenvalue weighted by molar-refractivity contribution is -0.139. The second kappa shape index (κ2) is 11.9. The SMILES string of the molecule is COC(=O)CNC1=CS(=O)(=O)OC12C(CO[Si](C)(C)C(C)(C)C)OC(n1cc(C)c(=O)n(C)c1=O)C2O[Si](C)(C)C(C)(C)C. The number of nitrogens with one attached hydrogen (secondary N) is 1. The molecule has 44 heavy (non-hydrogen) atoms. The first-order chi connectivity index (χ1) is 19.8. The number of aryl methyl sites for hydroxylation is 1. The van der Waals surface area contributed by atoms with Crippen molar-refractivity contribution in [2.45, 2.75) is 109 Å². The van der Waals surface area contributed by atoms with Crippen LogP contribution in [0.25, 0.3) is 0 Å². The molecule has 0 radical (unpaired) electrons. The fourth-order valence-corrected chi connectivity index (χ4v) is 8.18. The van der Waals surface area contributed by atoms with E-state index >= 15 is 0 Å². The molecule has 1 aromatic rings. The summed E-state index contributed by atoms with van der Waals surface area (Å²) in [4.78, 5) is 38.4. The Labute approximate surface area is 262 Å². The zero-order valence-electron chi connectivity index (χ0n) is 28.2. The quantitative estimate of drug-likeness (QED) is 0.234. The first kappa shape index (κ1) is 36.4. The number of carbonyl (C=O) groups is 1. The summed E-state index contributed by atoms with van der Waals surface area (Å²) >= 11 is 0. The molecular formula is C28H49N3O10SSi2. The number of aromatic nitrogens is 2. The zero-order valence-corrected chi connectivity index (χ0v) is 31.0. The maximum absolute atomic E-state index is 13.6. The Balaban J connectivity index is 2.34. The van der Waals surface area contributed by atoms with Crippen LogP contribution in [0.2, 0.25) is 36.3 Å². The number of methoxy groups -OCH3 is 1. The predicted octanol–water partition coefficient (Wildman–Crippen LogP) is 2.87. The Kier molecular flexibility index (Phi) is 9.87. The summed E-state index contributed by atoms with van der Waals surface area (Å²) in [7, 11) is -6.92. The summed E-state index contributed by atoms with van der Waals surface area (Å²) in [6, 6.07) is 0. The van der Waals surface area contributed by atoms with Crippen LogP contribution >= 0.6 is 0 Å². The first-order valence-corrected chi connectivity index (χ1v) is 21.8. The summed E-state index contributed by atoms with van der Waals surface area (Å²) in [5.74, 6) is -0.637. The molecule has 3 heterocycles. The van der Waals surface area contributed by atoms with Gasteiger partial charge >= 0.3 is 11.7 Å². The lowest BCUT2D eigenvalue weighted by atomic mass is 9.89. The van der Waals surface area contributed by atoms with Crippen LogP contribution in [0.5, 0.6) is 0 Å². The van der Waals surface area contributed by atoms with E-state index < -0.39 is 68.0 Å². The largest absolute Gasteiger partial charge is 0.468 e. The third-order valence-corrected chi connectivity index (χ3v) is 19.4. The minimum absolute atomic E-state index is 0.0209. The summed E-state index contributed by atoms with van der Waals surface area (Å²) in [6.45, 7) is 21.5. The molecule has 2 aliphatic rings. The Morgan fingerprint density at radius 3 is 2.16 bits per heavy atom. The number of carbonyl (C=O) groups excluding carboxylic acids is 1. The van der Waals surface area contributed by atoms with Crippen molar-refractivity contribution in [3.8, 4) is 0 Å². The van der Waals surface area contributed by atoms with Gasteiger partial charge < -0.3 is 23.6 Å². The van der Waals surface area contributed by atoms with Gasteiger partial charge in [0.25, 0.3) is 15.7 Å². The molecule has 1 aromatic heterocycles. The van der Waals surface area contributed by atoms with Gasteiger partial charge in [0.05, 0.1) is 24.8 Å². The van der Waals surface area contributed by atoms with Crippen LogP contribution in [-0.4, -0.2) is 78.2 Å². The summed E-state index contributed by atoms with van der Waals surface area (Å²) < 4.78 is 59.7. The lowest BCUT2D eigenvalue weighted by Gasteiger charge is -2.44. The first-order valence-electron chi connectivity index (χ1n) is 14.6. The third kappa shape index (κ3) is 6.71. The van der Waals surface area contributed by atoms with Crippen LogP contribution < -0.4 is 16.6 Å². The number of ether oxygens (including phenoxy) is 2. The minimum atomic E-state index is -4.33. The van der Waals surface area contributed by atoms with Gasteiger partial charge in [-0.3, -0.25) is 18.7 Å². The Morgan fingerprint density at radius 2 is 1.64 bits per heavy atom. The number of esters is 1. The van der Waals surface area contributed by atoms with E-state index in [1.807, 2.05) is 33.9 Å². The molecule has 1 saturated heterocycles. The van der Waals surface area contributed by atoms with Crippen LogP contribution in [0.15, 0.2) is 26.9 Å². The molecule has 2 aliphatic heterocycles. The van der Waals surface area contributed by atoms with Gasteiger partial charge in [0, 0.05) is 18.8 Å². The molecule has 250 valence electrons. The Hall–Kier alpha value is -2.09. The fourth-order valence-electron chi connectivity index (χ4n) is 4.62. The van der Waals surface area contributed by atoms with E-state index in [2.05, 4.69) is 39.2 Å². The molecule has 1 fully saturated rings. The van der Waals surface area contributed by atoms with Crippen LogP contribution in [0.1, 0.15) is 53.3 Å². The average molecular weight is 676 g/mol. The highest BCUT2D eigenvalue weighted by molar-refractivity contribution is 7.90. The van der Waals surface area contributed by atoms with Crippen molar-refractivity contribution in [1.82, 2.24) is 14.5 Å². The Bertz CT molecular complexity index is 1540. The number of nitrogens with zero attached hydrogens (tertiary/aromatic N) is 2. The molecule has 0 aliphatic carbocycles. The average Bonchev–Trinajstić information content (AvgIpc) is 3.32. The van der Waals surface area contributed by atoms with Crippen LogP contribution in [0, 0.1) is 6.92 Å². The lowest BCUT2D eigenvalue weighted by Crippen LogP contribution is -2.60. The number of hydrogen-bond donors (Lipinski definition) is 1. The molecule has 4 unspecified atom stereocenters. The molecule has 13 nitrogen and oxygen atoms in total. The van der Waals surface area contributed by atoms with Crippen LogP contribution in [0.4, 0.5) is 0 Å². The van der Waals surface area contributed by atoms with E-state index in [0.29, 0.717) is 0 Å². The molecule has 16 heteroatoms. The van der Waals surface area contributed by atoms with Gasteiger partial charge in [-0.15, -0.1) is 0 Å². The van der Waals surface area contributed by atoms with Crippen molar-refractivity contribution in [3.63, 3.8) is 0 Å². The second-order valence-electron chi connectivity index (χ2n) is 14.6. The van der Waals surface area contributed by atoms with Crippen molar-refractivity contribution in [1.29, 1.82) is 0 Å². The maximum Gasteiger partial charge on any atom is 0.332 e. The van der Waals surface area contributed by atoms with E-state index in [1.54, 1.807) is 6.92 Å². The number of hydrogen-bond acceptors (Lipinski definition) is 11. The van der Waals surface area contributed by atoms with Gasteiger partial charge in [0.1, 0.15) is 18.8 Å². The van der Waals surface area contributed by atoms with Gasteiger partial charge in [-0.05, 0) is 43.2 Å². The molecule has 1 spiro atoms.